The molecule has 21 heavy (non-hydrogen) atoms. The third kappa shape index (κ3) is 3.86. The van der Waals surface area contributed by atoms with Crippen LogP contribution < -0.4 is 10.2 Å². The summed E-state index contributed by atoms with van der Waals surface area (Å²) in [6.07, 6.45) is 0. The third-order valence-corrected chi connectivity index (χ3v) is 4.30. The lowest BCUT2D eigenvalue weighted by Crippen LogP contribution is -2.14. The van der Waals surface area contributed by atoms with Gasteiger partial charge in [-0.3, -0.25) is 4.79 Å². The van der Waals surface area contributed by atoms with E-state index in [9.17, 15) is 4.79 Å². The van der Waals surface area contributed by atoms with Crippen LogP contribution >= 0.6 is 31.9 Å². The average molecular weight is 412 g/mol. The van der Waals surface area contributed by atoms with Crippen LogP contribution in [-0.4, -0.2) is 20.0 Å². The molecule has 3 nitrogen and oxygen atoms in total. The highest BCUT2D eigenvalue weighted by Gasteiger charge is 2.12. The molecule has 0 aliphatic rings. The highest BCUT2D eigenvalue weighted by Crippen LogP contribution is 2.25. The van der Waals surface area contributed by atoms with Crippen LogP contribution in [0.3, 0.4) is 0 Å². The van der Waals surface area contributed by atoms with E-state index in [-0.39, 0.29) is 5.91 Å². The Kier molecular flexibility index (Phi) is 5.06. The van der Waals surface area contributed by atoms with E-state index >= 15 is 0 Å². The van der Waals surface area contributed by atoms with E-state index in [1.54, 1.807) is 6.07 Å². The maximum absolute atomic E-state index is 12.4. The Morgan fingerprint density at radius 3 is 2.38 bits per heavy atom. The van der Waals surface area contributed by atoms with Crippen molar-refractivity contribution >= 4 is 49.1 Å². The number of nitrogens with zero attached hydrogens (tertiary/aromatic N) is 1. The summed E-state index contributed by atoms with van der Waals surface area (Å²) < 4.78 is 1.69. The summed E-state index contributed by atoms with van der Waals surface area (Å²) in [5, 5.41) is 2.95. The lowest BCUT2D eigenvalue weighted by molar-refractivity contribution is 0.102. The number of carbonyl (C=O) groups excluding carboxylic acids is 1. The molecule has 0 unspecified atom stereocenters. The second-order valence-electron chi connectivity index (χ2n) is 4.97. The molecular weight excluding hydrogens is 396 g/mol. The molecule has 2 aromatic rings. The summed E-state index contributed by atoms with van der Waals surface area (Å²) in [6.45, 7) is 1.99. The van der Waals surface area contributed by atoms with E-state index in [2.05, 4.69) is 37.2 Å². The number of hydrogen-bond acceptors (Lipinski definition) is 2. The normalized spacial score (nSPS) is 10.3. The van der Waals surface area contributed by atoms with Gasteiger partial charge in [-0.25, -0.2) is 0 Å². The van der Waals surface area contributed by atoms with Crippen LogP contribution in [0, 0.1) is 6.92 Å². The summed E-state index contributed by atoms with van der Waals surface area (Å²) in [5.41, 5.74) is 3.56. The molecule has 0 bridgehead atoms. The number of aryl methyl sites for hydroxylation is 1. The quantitative estimate of drug-likeness (QED) is 0.783. The molecule has 1 amide bonds. The minimum Gasteiger partial charge on any atom is -0.378 e. The molecule has 0 radical (unpaired) electrons. The maximum Gasteiger partial charge on any atom is 0.256 e. The number of halogens is 2. The van der Waals surface area contributed by atoms with Gasteiger partial charge in [-0.05, 0) is 64.8 Å². The molecule has 5 heteroatoms. The molecule has 0 heterocycles. The Balaban J connectivity index is 2.23. The van der Waals surface area contributed by atoms with Gasteiger partial charge < -0.3 is 10.2 Å². The van der Waals surface area contributed by atoms with Gasteiger partial charge in [0.2, 0.25) is 0 Å². The molecule has 2 rings (SSSR count). The molecule has 0 aliphatic carbocycles. The molecule has 0 saturated heterocycles. The number of rotatable bonds is 3. The lowest BCUT2D eigenvalue weighted by atomic mass is 10.1. The summed E-state index contributed by atoms with van der Waals surface area (Å²) >= 11 is 6.79. The fourth-order valence-electron chi connectivity index (χ4n) is 1.93. The van der Waals surface area contributed by atoms with Gasteiger partial charge in [0.15, 0.2) is 0 Å². The van der Waals surface area contributed by atoms with Crippen LogP contribution in [-0.2, 0) is 0 Å². The van der Waals surface area contributed by atoms with E-state index < -0.39 is 0 Å². The lowest BCUT2D eigenvalue weighted by Gasteiger charge is -2.15. The Bertz CT molecular complexity index is 684. The number of benzene rings is 2. The number of anilines is 2. The van der Waals surface area contributed by atoms with Crippen LogP contribution in [0.15, 0.2) is 45.3 Å². The van der Waals surface area contributed by atoms with Gasteiger partial charge in [-0.1, -0.05) is 15.9 Å². The van der Waals surface area contributed by atoms with Crippen molar-refractivity contribution < 1.29 is 4.79 Å². The molecule has 0 saturated carbocycles. The molecule has 2 aromatic carbocycles. The molecule has 0 atom stereocenters. The van der Waals surface area contributed by atoms with E-state index in [1.807, 2.05) is 56.3 Å². The van der Waals surface area contributed by atoms with Gasteiger partial charge in [0, 0.05) is 34.4 Å². The molecule has 0 fully saturated rings. The van der Waals surface area contributed by atoms with Crippen molar-refractivity contribution in [2.45, 2.75) is 6.92 Å². The van der Waals surface area contributed by atoms with Crippen LogP contribution in [0.4, 0.5) is 11.4 Å². The minimum absolute atomic E-state index is 0.130. The Labute approximate surface area is 141 Å². The molecule has 1 N–H and O–H groups in total. The zero-order chi connectivity index (χ0) is 15.6. The van der Waals surface area contributed by atoms with Crippen LogP contribution in [0.25, 0.3) is 0 Å². The van der Waals surface area contributed by atoms with Gasteiger partial charge in [0.25, 0.3) is 5.91 Å². The highest BCUT2D eigenvalue weighted by molar-refractivity contribution is 9.11. The SMILES string of the molecule is Cc1cc(N(C)C)ccc1NC(=O)c1ccc(Br)cc1Br. The average Bonchev–Trinajstić information content (AvgIpc) is 2.40. The standard InChI is InChI=1S/C16H16Br2N2O/c1-10-8-12(20(2)3)5-7-15(10)19-16(21)13-6-4-11(17)9-14(13)18/h4-9H,1-3H3,(H,19,21). The monoisotopic (exact) mass is 410 g/mol. The van der Waals surface area contributed by atoms with Crippen LogP contribution in [0.2, 0.25) is 0 Å². The molecule has 0 spiro atoms. The number of hydrogen-bond donors (Lipinski definition) is 1. The fraction of sp³-hybridized carbons (Fsp3) is 0.188. The van der Waals surface area contributed by atoms with Gasteiger partial charge >= 0.3 is 0 Å². The summed E-state index contributed by atoms with van der Waals surface area (Å²) in [4.78, 5) is 14.4. The predicted molar refractivity (Wildman–Crippen MR) is 95.3 cm³/mol. The van der Waals surface area contributed by atoms with Gasteiger partial charge in [0.05, 0.1) is 5.56 Å². The van der Waals surface area contributed by atoms with Crippen molar-refractivity contribution in [2.24, 2.45) is 0 Å². The first-order chi connectivity index (χ1) is 9.88. The first kappa shape index (κ1) is 16.0. The second-order valence-corrected chi connectivity index (χ2v) is 6.74. The zero-order valence-electron chi connectivity index (χ0n) is 12.1. The van der Waals surface area contributed by atoms with Crippen LogP contribution in [0.1, 0.15) is 15.9 Å². The van der Waals surface area contributed by atoms with Crippen molar-refractivity contribution in [2.75, 3.05) is 24.3 Å². The van der Waals surface area contributed by atoms with Gasteiger partial charge in [0.1, 0.15) is 0 Å². The number of amides is 1. The van der Waals surface area contributed by atoms with E-state index in [1.165, 1.54) is 0 Å². The van der Waals surface area contributed by atoms with Crippen molar-refractivity contribution in [3.8, 4) is 0 Å². The zero-order valence-corrected chi connectivity index (χ0v) is 15.2. The van der Waals surface area contributed by atoms with E-state index in [0.717, 1.165) is 25.9 Å². The maximum atomic E-state index is 12.4. The first-order valence-corrected chi connectivity index (χ1v) is 8.01. The Hall–Kier alpha value is -1.33. The fourth-order valence-corrected chi connectivity index (χ4v) is 3.16. The number of nitrogens with one attached hydrogen (secondary N) is 1. The molecule has 0 aromatic heterocycles. The Morgan fingerprint density at radius 1 is 1.10 bits per heavy atom. The molecule has 0 aliphatic heterocycles. The first-order valence-electron chi connectivity index (χ1n) is 6.43. The predicted octanol–water partition coefficient (Wildman–Crippen LogP) is 4.84. The summed E-state index contributed by atoms with van der Waals surface area (Å²) in [6, 6.07) is 11.5. The minimum atomic E-state index is -0.130. The summed E-state index contributed by atoms with van der Waals surface area (Å²) in [5.74, 6) is -0.130. The topological polar surface area (TPSA) is 32.3 Å². The molecule has 110 valence electrons. The van der Waals surface area contributed by atoms with Crippen LogP contribution in [0.5, 0.6) is 0 Å². The van der Waals surface area contributed by atoms with Crippen molar-refractivity contribution in [1.82, 2.24) is 0 Å². The van der Waals surface area contributed by atoms with Gasteiger partial charge in [-0.15, -0.1) is 0 Å². The van der Waals surface area contributed by atoms with Crippen molar-refractivity contribution in [3.05, 3.63) is 56.5 Å². The van der Waals surface area contributed by atoms with E-state index in [0.29, 0.717) is 5.56 Å². The Morgan fingerprint density at radius 2 is 1.81 bits per heavy atom. The summed E-state index contributed by atoms with van der Waals surface area (Å²) in [7, 11) is 3.98. The smallest absolute Gasteiger partial charge is 0.256 e. The number of carbonyl (C=O) groups is 1. The van der Waals surface area contributed by atoms with Crippen molar-refractivity contribution in [3.63, 3.8) is 0 Å². The second kappa shape index (κ2) is 6.62. The largest absolute Gasteiger partial charge is 0.378 e. The third-order valence-electron chi connectivity index (χ3n) is 3.15. The van der Waals surface area contributed by atoms with Crippen molar-refractivity contribution in [1.29, 1.82) is 0 Å². The molecular formula is C16H16Br2N2O. The van der Waals surface area contributed by atoms with Gasteiger partial charge in [-0.2, -0.15) is 0 Å². The van der Waals surface area contributed by atoms with E-state index in [4.69, 9.17) is 0 Å². The highest BCUT2D eigenvalue weighted by atomic mass is 79.9.